The van der Waals surface area contributed by atoms with Crippen molar-refractivity contribution in [3.05, 3.63) is 29.3 Å². The molecule has 3 N–H and O–H groups in total. The van der Waals surface area contributed by atoms with Crippen molar-refractivity contribution < 1.29 is 24.4 Å². The molecule has 0 saturated heterocycles. The fraction of sp³-hybridized carbons (Fsp3) is 0.333. The molecule has 1 aliphatic heterocycles. The molecule has 0 spiro atoms. The first-order valence-corrected chi connectivity index (χ1v) is 6.84. The second kappa shape index (κ2) is 5.75. The largest absolute Gasteiger partial charge is 0.547 e. The lowest BCUT2D eigenvalue weighted by atomic mass is 9.72. The number of rotatable bonds is 3. The number of amides is 1. The Morgan fingerprint density at radius 2 is 2.14 bits per heavy atom. The lowest BCUT2D eigenvalue weighted by Gasteiger charge is -2.29. The van der Waals surface area contributed by atoms with E-state index in [-0.39, 0.29) is 17.7 Å². The first-order chi connectivity index (χ1) is 9.70. The number of carboxylic acids is 1. The Morgan fingerprint density at radius 1 is 1.48 bits per heavy atom. The molecule has 1 amide bonds. The molecular formula is C12H12BCl2NO5. The first kappa shape index (κ1) is 15.9. The Morgan fingerprint density at radius 3 is 2.71 bits per heavy atom. The molecule has 1 unspecified atom stereocenters. The van der Waals surface area contributed by atoms with Crippen molar-refractivity contribution in [1.29, 1.82) is 0 Å². The van der Waals surface area contributed by atoms with E-state index in [1.807, 2.05) is 0 Å². The van der Waals surface area contributed by atoms with E-state index < -0.39 is 29.3 Å². The van der Waals surface area contributed by atoms with Crippen LogP contribution in [-0.4, -0.2) is 39.4 Å². The van der Waals surface area contributed by atoms with E-state index in [1.54, 1.807) is 12.1 Å². The summed E-state index contributed by atoms with van der Waals surface area (Å²) >= 11 is 11.3. The van der Waals surface area contributed by atoms with Crippen LogP contribution in [0.4, 0.5) is 0 Å². The fourth-order valence-electron chi connectivity index (χ4n) is 2.01. The maximum absolute atomic E-state index is 11.7. The van der Waals surface area contributed by atoms with Gasteiger partial charge in [0.15, 0.2) is 4.33 Å². The minimum Gasteiger partial charge on any atom is -0.534 e. The molecule has 9 heteroatoms. The summed E-state index contributed by atoms with van der Waals surface area (Å²) in [5.41, 5.74) is 0.521. The SMILES string of the molecule is CC(Cl)(Cl)C(=O)NC1Cc2cccc(C(=O)O)c2OB1O. The quantitative estimate of drug-likeness (QED) is 0.567. The van der Waals surface area contributed by atoms with Gasteiger partial charge in [0.2, 0.25) is 0 Å². The third-order valence-corrected chi connectivity index (χ3v) is 3.41. The first-order valence-electron chi connectivity index (χ1n) is 6.09. The van der Waals surface area contributed by atoms with E-state index in [2.05, 4.69) is 5.32 Å². The predicted molar refractivity (Wildman–Crippen MR) is 77.7 cm³/mol. The molecule has 21 heavy (non-hydrogen) atoms. The Labute approximate surface area is 131 Å². The molecule has 0 fully saturated rings. The van der Waals surface area contributed by atoms with Crippen LogP contribution in [0, 0.1) is 0 Å². The van der Waals surface area contributed by atoms with Gasteiger partial charge in [-0.05, 0) is 25.0 Å². The van der Waals surface area contributed by atoms with Gasteiger partial charge in [-0.2, -0.15) is 0 Å². The normalized spacial score (nSPS) is 17.7. The van der Waals surface area contributed by atoms with E-state index in [0.717, 1.165) is 0 Å². The number of carbonyl (C=O) groups is 2. The van der Waals surface area contributed by atoms with E-state index in [1.165, 1.54) is 13.0 Å². The van der Waals surface area contributed by atoms with Gasteiger partial charge in [-0.25, -0.2) is 4.79 Å². The number of alkyl halides is 2. The predicted octanol–water partition coefficient (Wildman–Crippen LogP) is 1.02. The highest BCUT2D eigenvalue weighted by Gasteiger charge is 2.40. The number of aromatic carboxylic acids is 1. The molecule has 1 aromatic rings. The van der Waals surface area contributed by atoms with Gasteiger partial charge in [-0.3, -0.25) is 4.79 Å². The van der Waals surface area contributed by atoms with Crippen LogP contribution in [0.15, 0.2) is 18.2 Å². The molecule has 0 radical (unpaired) electrons. The van der Waals surface area contributed by atoms with Crippen LogP contribution >= 0.6 is 23.2 Å². The van der Waals surface area contributed by atoms with E-state index in [4.69, 9.17) is 33.0 Å². The molecule has 1 aromatic carbocycles. The van der Waals surface area contributed by atoms with Crippen molar-refractivity contribution in [1.82, 2.24) is 5.32 Å². The number of hydrogen-bond donors (Lipinski definition) is 3. The van der Waals surface area contributed by atoms with Crippen LogP contribution in [0.5, 0.6) is 5.75 Å². The van der Waals surface area contributed by atoms with E-state index in [0.29, 0.717) is 5.56 Å². The summed E-state index contributed by atoms with van der Waals surface area (Å²) in [4.78, 5) is 22.8. The van der Waals surface area contributed by atoms with Gasteiger partial charge in [-0.1, -0.05) is 35.3 Å². The van der Waals surface area contributed by atoms with Crippen molar-refractivity contribution in [2.75, 3.05) is 0 Å². The van der Waals surface area contributed by atoms with Gasteiger partial charge < -0.3 is 20.1 Å². The lowest BCUT2D eigenvalue weighted by molar-refractivity contribution is -0.121. The van der Waals surface area contributed by atoms with Crippen LogP contribution in [0.25, 0.3) is 0 Å². The molecule has 0 saturated carbocycles. The molecule has 112 valence electrons. The number of fused-ring (bicyclic) bond motifs is 1. The average molecular weight is 332 g/mol. The summed E-state index contributed by atoms with van der Waals surface area (Å²) in [6.07, 6.45) is 0.202. The molecule has 6 nitrogen and oxygen atoms in total. The third-order valence-electron chi connectivity index (χ3n) is 3.06. The third kappa shape index (κ3) is 3.43. The van der Waals surface area contributed by atoms with E-state index in [9.17, 15) is 14.6 Å². The Bertz CT molecular complexity index is 590. The standard InChI is InChI=1S/C12H12BCl2NO5/c1-12(14,15)11(19)16-8-5-6-3-2-4-7(10(17)18)9(6)21-13(8)20/h2-4,8,20H,5H2,1H3,(H,16,19)(H,17,18). The summed E-state index contributed by atoms with van der Waals surface area (Å²) in [5.74, 6) is -2.50. The van der Waals surface area contributed by atoms with Gasteiger partial charge in [0.05, 0.1) is 11.5 Å². The number of hydrogen-bond acceptors (Lipinski definition) is 4. The zero-order chi connectivity index (χ0) is 15.8. The van der Waals surface area contributed by atoms with Crippen molar-refractivity contribution in [2.45, 2.75) is 23.6 Å². The van der Waals surface area contributed by atoms with Crippen LogP contribution < -0.4 is 9.97 Å². The highest BCUT2D eigenvalue weighted by Crippen LogP contribution is 2.30. The van der Waals surface area contributed by atoms with Crippen LogP contribution in [-0.2, 0) is 11.2 Å². The molecule has 1 heterocycles. The van der Waals surface area contributed by atoms with Gasteiger partial charge in [0, 0.05) is 0 Å². The second-order valence-electron chi connectivity index (χ2n) is 4.78. The zero-order valence-electron chi connectivity index (χ0n) is 11.0. The summed E-state index contributed by atoms with van der Waals surface area (Å²) in [6.45, 7) is 1.30. The zero-order valence-corrected chi connectivity index (χ0v) is 12.5. The Hall–Kier alpha value is -1.44. The summed E-state index contributed by atoms with van der Waals surface area (Å²) in [6, 6.07) is 4.60. The highest BCUT2D eigenvalue weighted by molar-refractivity contribution is 6.58. The maximum Gasteiger partial charge on any atom is 0.547 e. The van der Waals surface area contributed by atoms with Crippen LogP contribution in [0.3, 0.4) is 0 Å². The number of halogens is 2. The Balaban J connectivity index is 2.24. The fourth-order valence-corrected chi connectivity index (χ4v) is 2.12. The van der Waals surface area contributed by atoms with E-state index >= 15 is 0 Å². The van der Waals surface area contributed by atoms with Crippen molar-refractivity contribution >= 4 is 42.2 Å². The summed E-state index contributed by atoms with van der Waals surface area (Å²) in [7, 11) is -1.39. The highest BCUT2D eigenvalue weighted by atomic mass is 35.5. The number of carbonyl (C=O) groups excluding carboxylic acids is 1. The molecule has 0 aromatic heterocycles. The maximum atomic E-state index is 11.7. The van der Waals surface area contributed by atoms with Crippen molar-refractivity contribution in [3.63, 3.8) is 0 Å². The van der Waals surface area contributed by atoms with Gasteiger partial charge in [-0.15, -0.1) is 0 Å². The monoisotopic (exact) mass is 331 g/mol. The summed E-state index contributed by atoms with van der Waals surface area (Å²) < 4.78 is 3.59. The topological polar surface area (TPSA) is 95.9 Å². The number of benzene rings is 1. The molecule has 2 rings (SSSR count). The number of nitrogens with one attached hydrogen (secondary N) is 1. The minimum atomic E-state index is -1.64. The minimum absolute atomic E-state index is 0.0455. The molecule has 0 aliphatic carbocycles. The van der Waals surface area contributed by atoms with Gasteiger partial charge in [0.1, 0.15) is 5.75 Å². The van der Waals surface area contributed by atoms with Crippen molar-refractivity contribution in [2.24, 2.45) is 0 Å². The Kier molecular flexibility index (Phi) is 4.36. The molecule has 1 aliphatic rings. The summed E-state index contributed by atoms with van der Waals surface area (Å²) in [5, 5.41) is 21.5. The van der Waals surface area contributed by atoms with Gasteiger partial charge >= 0.3 is 13.1 Å². The van der Waals surface area contributed by atoms with Crippen molar-refractivity contribution in [3.8, 4) is 5.75 Å². The lowest BCUT2D eigenvalue weighted by Crippen LogP contribution is -2.55. The van der Waals surface area contributed by atoms with Crippen LogP contribution in [0.1, 0.15) is 22.8 Å². The van der Waals surface area contributed by atoms with Gasteiger partial charge in [0.25, 0.3) is 5.91 Å². The number of carboxylic acid groups (broad SMARTS) is 1. The average Bonchev–Trinajstić information content (AvgIpc) is 2.37. The van der Waals surface area contributed by atoms with Crippen LogP contribution in [0.2, 0.25) is 0 Å². The molecular weight excluding hydrogens is 320 g/mol. The second-order valence-corrected chi connectivity index (χ2v) is 6.49. The number of para-hydroxylation sites is 1. The smallest absolute Gasteiger partial charge is 0.534 e. The molecule has 1 atom stereocenters. The molecule has 0 bridgehead atoms.